The highest BCUT2D eigenvalue weighted by Gasteiger charge is 2.19. The fourth-order valence-electron chi connectivity index (χ4n) is 2.04. The van der Waals surface area contributed by atoms with Gasteiger partial charge in [-0.05, 0) is 31.3 Å². The van der Waals surface area contributed by atoms with Crippen molar-refractivity contribution >= 4 is 6.08 Å². The van der Waals surface area contributed by atoms with Crippen LogP contribution in [-0.2, 0) is 12.8 Å². The molecule has 0 bridgehead atoms. The second-order valence-corrected chi connectivity index (χ2v) is 3.50. The normalized spacial score (nSPS) is 17.2. The van der Waals surface area contributed by atoms with E-state index in [1.807, 2.05) is 0 Å². The number of fused-ring (bicyclic) bond motifs is 3. The van der Waals surface area contributed by atoms with Gasteiger partial charge in [0.15, 0.2) is 5.76 Å². The van der Waals surface area contributed by atoms with E-state index in [9.17, 15) is 0 Å². The Labute approximate surface area is 77.4 Å². The van der Waals surface area contributed by atoms with Crippen molar-refractivity contribution in [3.63, 3.8) is 0 Å². The van der Waals surface area contributed by atoms with Crippen molar-refractivity contribution in [3.05, 3.63) is 28.7 Å². The minimum Gasteiger partial charge on any atom is -0.448 e. The molecule has 0 aromatic carbocycles. The van der Waals surface area contributed by atoms with Crippen molar-refractivity contribution in [2.45, 2.75) is 25.7 Å². The molecule has 2 aliphatic carbocycles. The van der Waals surface area contributed by atoms with Gasteiger partial charge in [-0.15, -0.1) is 0 Å². The Morgan fingerprint density at radius 3 is 3.23 bits per heavy atom. The van der Waals surface area contributed by atoms with Crippen LogP contribution >= 0.6 is 0 Å². The maximum Gasteiger partial charge on any atom is 0.181 e. The lowest BCUT2D eigenvalue weighted by Crippen LogP contribution is -1.97. The molecule has 2 aliphatic rings. The van der Waals surface area contributed by atoms with E-state index < -0.39 is 0 Å². The van der Waals surface area contributed by atoms with Gasteiger partial charge in [0.2, 0.25) is 0 Å². The molecule has 1 nitrogen and oxygen atoms in total. The van der Waals surface area contributed by atoms with Crippen LogP contribution in [0.15, 0.2) is 10.5 Å². The van der Waals surface area contributed by atoms with Gasteiger partial charge in [-0.3, -0.25) is 0 Å². The summed E-state index contributed by atoms with van der Waals surface area (Å²) in [6.45, 7) is 0. The average molecular weight is 170 g/mol. The largest absolute Gasteiger partial charge is 0.448 e. The van der Waals surface area contributed by atoms with Crippen LogP contribution in [-0.4, -0.2) is 0 Å². The maximum atomic E-state index is 5.67. The Balaban J connectivity index is 2.24. The summed E-state index contributed by atoms with van der Waals surface area (Å²) in [6.07, 6.45) is 8.60. The van der Waals surface area contributed by atoms with Gasteiger partial charge >= 0.3 is 0 Å². The zero-order chi connectivity index (χ0) is 8.67. The standard InChI is InChI=1S/C12H10O/c1-3-7-11-9(5-1)10-6-2-4-8-12(10)13-11/h3,7H,1-2,5-6H2. The number of furan rings is 1. The molecule has 0 unspecified atom stereocenters. The monoisotopic (exact) mass is 170 g/mol. The molecule has 64 valence electrons. The minimum atomic E-state index is 0.919. The van der Waals surface area contributed by atoms with Gasteiger partial charge in [-0.1, -0.05) is 12.0 Å². The van der Waals surface area contributed by atoms with E-state index in [0.29, 0.717) is 0 Å². The topological polar surface area (TPSA) is 13.1 Å². The molecule has 0 spiro atoms. The van der Waals surface area contributed by atoms with E-state index in [1.54, 1.807) is 0 Å². The second kappa shape index (κ2) is 2.53. The van der Waals surface area contributed by atoms with Crippen LogP contribution in [0.5, 0.6) is 0 Å². The van der Waals surface area contributed by atoms with Crippen LogP contribution in [0.2, 0.25) is 0 Å². The molecule has 13 heavy (non-hydrogen) atoms. The van der Waals surface area contributed by atoms with Crippen LogP contribution in [0, 0.1) is 11.8 Å². The average Bonchev–Trinajstić information content (AvgIpc) is 2.56. The zero-order valence-corrected chi connectivity index (χ0v) is 7.39. The summed E-state index contributed by atoms with van der Waals surface area (Å²) in [4.78, 5) is 0. The lowest BCUT2D eigenvalue weighted by molar-refractivity contribution is 0.535. The summed E-state index contributed by atoms with van der Waals surface area (Å²) in [5.41, 5.74) is 2.78. The first-order valence-electron chi connectivity index (χ1n) is 4.75. The molecule has 0 atom stereocenters. The first-order chi connectivity index (χ1) is 6.45. The number of hydrogen-bond donors (Lipinski definition) is 0. The van der Waals surface area contributed by atoms with Crippen molar-refractivity contribution in [3.8, 4) is 11.8 Å². The Bertz CT molecular complexity index is 438. The van der Waals surface area contributed by atoms with Crippen molar-refractivity contribution < 1.29 is 4.42 Å². The van der Waals surface area contributed by atoms with Crippen molar-refractivity contribution in [2.24, 2.45) is 0 Å². The molecule has 1 aromatic rings. The van der Waals surface area contributed by atoms with Crippen LogP contribution in [0.3, 0.4) is 0 Å². The van der Waals surface area contributed by atoms with E-state index in [4.69, 9.17) is 4.42 Å². The molecule has 1 heteroatoms. The molecule has 0 saturated heterocycles. The molecule has 0 aliphatic heterocycles. The van der Waals surface area contributed by atoms with Crippen molar-refractivity contribution in [2.75, 3.05) is 0 Å². The zero-order valence-electron chi connectivity index (χ0n) is 7.39. The molecule has 0 radical (unpaired) electrons. The summed E-state index contributed by atoms with van der Waals surface area (Å²) in [5, 5.41) is 0. The molecule has 1 aromatic heterocycles. The first-order valence-corrected chi connectivity index (χ1v) is 4.75. The highest BCUT2D eigenvalue weighted by atomic mass is 16.3. The molecule has 0 N–H and O–H groups in total. The number of rotatable bonds is 0. The SMILES string of the molecule is C1#Cc2oc3c(c2CC1)CCC=C3. The molecule has 0 saturated carbocycles. The van der Waals surface area contributed by atoms with Gasteiger partial charge in [0.25, 0.3) is 0 Å². The maximum absolute atomic E-state index is 5.67. The third kappa shape index (κ3) is 0.954. The van der Waals surface area contributed by atoms with E-state index in [0.717, 1.165) is 37.2 Å². The molecule has 0 fully saturated rings. The van der Waals surface area contributed by atoms with E-state index >= 15 is 0 Å². The summed E-state index contributed by atoms with van der Waals surface area (Å²) < 4.78 is 5.67. The smallest absolute Gasteiger partial charge is 0.181 e. The quantitative estimate of drug-likeness (QED) is 0.545. The third-order valence-electron chi connectivity index (χ3n) is 2.68. The molecular weight excluding hydrogens is 160 g/mol. The van der Waals surface area contributed by atoms with Gasteiger partial charge in [0, 0.05) is 17.5 Å². The van der Waals surface area contributed by atoms with Gasteiger partial charge in [-0.25, -0.2) is 0 Å². The second-order valence-electron chi connectivity index (χ2n) is 3.50. The lowest BCUT2D eigenvalue weighted by atomic mass is 9.95. The van der Waals surface area contributed by atoms with Crippen LogP contribution in [0.4, 0.5) is 0 Å². The third-order valence-corrected chi connectivity index (χ3v) is 2.68. The first kappa shape index (κ1) is 7.03. The summed E-state index contributed by atoms with van der Waals surface area (Å²) >= 11 is 0. The van der Waals surface area contributed by atoms with Crippen LogP contribution in [0.25, 0.3) is 6.08 Å². The Hall–Kier alpha value is -1.42. The Morgan fingerprint density at radius 2 is 2.23 bits per heavy atom. The van der Waals surface area contributed by atoms with E-state index in [1.165, 1.54) is 11.1 Å². The van der Waals surface area contributed by atoms with Crippen LogP contribution < -0.4 is 0 Å². The van der Waals surface area contributed by atoms with Gasteiger partial charge in [-0.2, -0.15) is 0 Å². The summed E-state index contributed by atoms with van der Waals surface area (Å²) in [6, 6.07) is 0. The Kier molecular flexibility index (Phi) is 1.37. The fourth-order valence-corrected chi connectivity index (χ4v) is 2.04. The molecule has 0 amide bonds. The Morgan fingerprint density at radius 1 is 1.23 bits per heavy atom. The van der Waals surface area contributed by atoms with Crippen molar-refractivity contribution in [1.29, 1.82) is 0 Å². The fraction of sp³-hybridized carbons (Fsp3) is 0.333. The van der Waals surface area contributed by atoms with E-state index in [2.05, 4.69) is 24.0 Å². The predicted octanol–water partition coefficient (Wildman–Crippen LogP) is 2.54. The molecular formula is C12H10O. The highest BCUT2D eigenvalue weighted by Crippen LogP contribution is 2.30. The van der Waals surface area contributed by atoms with E-state index in [-0.39, 0.29) is 0 Å². The number of hydrogen-bond acceptors (Lipinski definition) is 1. The molecule has 1 heterocycles. The lowest BCUT2D eigenvalue weighted by Gasteiger charge is -2.05. The van der Waals surface area contributed by atoms with Gasteiger partial charge in [0.05, 0.1) is 0 Å². The van der Waals surface area contributed by atoms with Gasteiger partial charge in [0.1, 0.15) is 5.76 Å². The summed E-state index contributed by atoms with van der Waals surface area (Å²) in [7, 11) is 0. The highest BCUT2D eigenvalue weighted by molar-refractivity contribution is 5.57. The minimum absolute atomic E-state index is 0.919. The predicted molar refractivity (Wildman–Crippen MR) is 51.3 cm³/mol. The van der Waals surface area contributed by atoms with Crippen molar-refractivity contribution in [1.82, 2.24) is 0 Å². The number of allylic oxidation sites excluding steroid dienone is 1. The summed E-state index contributed by atoms with van der Waals surface area (Å²) in [5.74, 6) is 8.12. The molecule has 3 rings (SSSR count). The van der Waals surface area contributed by atoms with Gasteiger partial charge < -0.3 is 4.42 Å². The van der Waals surface area contributed by atoms with Crippen LogP contribution in [0.1, 0.15) is 35.5 Å².